The van der Waals surface area contributed by atoms with Crippen LogP contribution < -0.4 is 10.2 Å². The zero-order valence-electron chi connectivity index (χ0n) is 15.6. The van der Waals surface area contributed by atoms with Crippen molar-refractivity contribution < 1.29 is 4.79 Å². The Morgan fingerprint density at radius 3 is 2.54 bits per heavy atom. The van der Waals surface area contributed by atoms with Gasteiger partial charge in [0, 0.05) is 24.8 Å². The number of halogens is 2. The summed E-state index contributed by atoms with van der Waals surface area (Å²) >= 11 is 12.5. The zero-order chi connectivity index (χ0) is 18.7. The van der Waals surface area contributed by atoms with Gasteiger partial charge in [-0.2, -0.15) is 0 Å². The molecule has 1 aromatic rings. The Kier molecular flexibility index (Phi) is 6.84. The van der Waals surface area contributed by atoms with Crippen molar-refractivity contribution >= 4 is 34.8 Å². The molecular weight excluding hydrogens is 369 g/mol. The molecule has 5 atom stereocenters. The molecule has 0 heterocycles. The summed E-state index contributed by atoms with van der Waals surface area (Å²) in [5.41, 5.74) is 0.964. The summed E-state index contributed by atoms with van der Waals surface area (Å²) in [6.07, 6.45) is 3.92. The normalized spacial score (nSPS) is 31.0. The van der Waals surface area contributed by atoms with Gasteiger partial charge in [-0.05, 0) is 51.9 Å². The number of hydrogen-bond donors (Lipinski definition) is 1. The fraction of sp³-hybridized carbons (Fsp3) is 0.650. The van der Waals surface area contributed by atoms with E-state index in [9.17, 15) is 4.79 Å². The molecule has 4 nitrogen and oxygen atoms in total. The molecule has 2 aliphatic rings. The second-order valence-corrected chi connectivity index (χ2v) is 8.77. The Morgan fingerprint density at radius 1 is 1.19 bits per heavy atom. The molecule has 0 bridgehead atoms. The first kappa shape index (κ1) is 19.9. The first-order chi connectivity index (χ1) is 12.5. The summed E-state index contributed by atoms with van der Waals surface area (Å²) in [5, 5.41) is 3.31. The molecule has 0 aliphatic heterocycles. The molecule has 0 spiro atoms. The molecule has 144 valence electrons. The molecule has 3 rings (SSSR count). The van der Waals surface area contributed by atoms with Crippen molar-refractivity contribution in [1.82, 2.24) is 10.2 Å². The summed E-state index contributed by atoms with van der Waals surface area (Å²) < 4.78 is 0. The Hall–Kier alpha value is -0.810. The number of nitrogens with one attached hydrogen (secondary N) is 1. The van der Waals surface area contributed by atoms with E-state index in [0.29, 0.717) is 12.5 Å². The molecule has 26 heavy (non-hydrogen) atoms. The molecule has 5 unspecified atom stereocenters. The standard InChI is InChI=1S/C20H29Cl2N3O/c1-24(2)12-11-23-17-9-6-10-18(17)25(14-7-4-3-5-8-14)20(26)15-13-16(21)19(15)22/h3-5,7-8,15-19,23H,6,9-13H2,1-2H3. The molecule has 2 fully saturated rings. The van der Waals surface area contributed by atoms with Crippen LogP contribution in [0.25, 0.3) is 0 Å². The average molecular weight is 398 g/mol. The van der Waals surface area contributed by atoms with Crippen molar-refractivity contribution in [1.29, 1.82) is 0 Å². The van der Waals surface area contributed by atoms with Gasteiger partial charge in [-0.3, -0.25) is 4.79 Å². The van der Waals surface area contributed by atoms with Crippen LogP contribution in [0.2, 0.25) is 0 Å². The predicted octanol–water partition coefficient (Wildman–Crippen LogP) is 3.33. The molecule has 1 N–H and O–H groups in total. The SMILES string of the molecule is CN(C)CCNC1CCCC1N(C(=O)C1CC(Cl)C1Cl)c1ccccc1. The van der Waals surface area contributed by atoms with Gasteiger partial charge in [-0.1, -0.05) is 18.2 Å². The van der Waals surface area contributed by atoms with Gasteiger partial charge in [0.2, 0.25) is 5.91 Å². The van der Waals surface area contributed by atoms with Gasteiger partial charge in [0.25, 0.3) is 0 Å². The van der Waals surface area contributed by atoms with Crippen molar-refractivity contribution in [2.24, 2.45) is 5.92 Å². The highest BCUT2D eigenvalue weighted by atomic mass is 35.5. The minimum atomic E-state index is -0.267. The van der Waals surface area contributed by atoms with Crippen molar-refractivity contribution in [3.8, 4) is 0 Å². The van der Waals surface area contributed by atoms with Crippen LogP contribution in [0.15, 0.2) is 30.3 Å². The van der Waals surface area contributed by atoms with E-state index in [4.69, 9.17) is 23.2 Å². The zero-order valence-corrected chi connectivity index (χ0v) is 17.1. The number of likely N-dealkylation sites (N-methyl/N-ethyl adjacent to an activating group) is 1. The van der Waals surface area contributed by atoms with E-state index in [1.807, 2.05) is 35.2 Å². The van der Waals surface area contributed by atoms with E-state index in [2.05, 4.69) is 24.3 Å². The number of para-hydroxylation sites is 1. The molecular formula is C20H29Cl2N3O. The van der Waals surface area contributed by atoms with Gasteiger partial charge in [-0.15, -0.1) is 23.2 Å². The first-order valence-electron chi connectivity index (χ1n) is 9.53. The van der Waals surface area contributed by atoms with Crippen LogP contribution in [0.1, 0.15) is 25.7 Å². The van der Waals surface area contributed by atoms with Gasteiger partial charge >= 0.3 is 0 Å². The Morgan fingerprint density at radius 2 is 1.92 bits per heavy atom. The maximum absolute atomic E-state index is 13.3. The number of anilines is 1. The summed E-state index contributed by atoms with van der Waals surface area (Å²) in [6.45, 7) is 1.92. The number of rotatable bonds is 7. The largest absolute Gasteiger partial charge is 0.311 e. The van der Waals surface area contributed by atoms with Crippen LogP contribution >= 0.6 is 23.2 Å². The maximum Gasteiger partial charge on any atom is 0.232 e. The van der Waals surface area contributed by atoms with Crippen LogP contribution in [0.3, 0.4) is 0 Å². The lowest BCUT2D eigenvalue weighted by Gasteiger charge is -2.42. The molecule has 6 heteroatoms. The van der Waals surface area contributed by atoms with Crippen LogP contribution in [-0.4, -0.2) is 60.8 Å². The fourth-order valence-corrected chi connectivity index (χ4v) is 4.69. The second kappa shape index (κ2) is 8.92. The highest BCUT2D eigenvalue weighted by Gasteiger charge is 2.47. The van der Waals surface area contributed by atoms with Crippen LogP contribution in [-0.2, 0) is 4.79 Å². The molecule has 2 aliphatic carbocycles. The van der Waals surface area contributed by atoms with Gasteiger partial charge in [-0.25, -0.2) is 0 Å². The van der Waals surface area contributed by atoms with Crippen LogP contribution in [0.4, 0.5) is 5.69 Å². The van der Waals surface area contributed by atoms with E-state index in [0.717, 1.165) is 38.0 Å². The highest BCUT2D eigenvalue weighted by Crippen LogP contribution is 2.40. The van der Waals surface area contributed by atoms with E-state index in [-0.39, 0.29) is 28.6 Å². The van der Waals surface area contributed by atoms with E-state index >= 15 is 0 Å². The van der Waals surface area contributed by atoms with E-state index < -0.39 is 0 Å². The second-order valence-electron chi connectivity index (χ2n) is 7.71. The monoisotopic (exact) mass is 397 g/mol. The van der Waals surface area contributed by atoms with Gasteiger partial charge in [0.05, 0.1) is 22.7 Å². The Labute approximate surface area is 166 Å². The molecule has 1 amide bonds. The number of hydrogen-bond acceptors (Lipinski definition) is 3. The molecule has 0 aromatic heterocycles. The topological polar surface area (TPSA) is 35.6 Å². The van der Waals surface area contributed by atoms with E-state index in [1.54, 1.807) is 0 Å². The molecule has 1 aromatic carbocycles. The number of nitrogens with zero attached hydrogens (tertiary/aromatic N) is 2. The summed E-state index contributed by atoms with van der Waals surface area (Å²) in [5.74, 6) is -0.0539. The summed E-state index contributed by atoms with van der Waals surface area (Å²) in [4.78, 5) is 17.5. The van der Waals surface area contributed by atoms with Gasteiger partial charge in [0.1, 0.15) is 0 Å². The maximum atomic E-state index is 13.3. The third kappa shape index (κ3) is 4.36. The summed E-state index contributed by atoms with van der Waals surface area (Å²) in [6, 6.07) is 10.5. The number of alkyl halides is 2. The highest BCUT2D eigenvalue weighted by molar-refractivity contribution is 6.33. The Balaban J connectivity index is 1.77. The minimum Gasteiger partial charge on any atom is -0.311 e. The van der Waals surface area contributed by atoms with Crippen molar-refractivity contribution in [2.45, 2.75) is 48.5 Å². The third-order valence-corrected chi connectivity index (χ3v) is 6.76. The predicted molar refractivity (Wildman–Crippen MR) is 109 cm³/mol. The van der Waals surface area contributed by atoms with E-state index in [1.165, 1.54) is 0 Å². The minimum absolute atomic E-state index is 0.0965. The smallest absolute Gasteiger partial charge is 0.232 e. The quantitative estimate of drug-likeness (QED) is 0.716. The number of carbonyl (C=O) groups is 1. The molecule has 0 radical (unpaired) electrons. The van der Waals surface area contributed by atoms with Gasteiger partial charge in [0.15, 0.2) is 0 Å². The lowest BCUT2D eigenvalue weighted by Crippen LogP contribution is -2.56. The lowest BCUT2D eigenvalue weighted by atomic mass is 9.82. The van der Waals surface area contributed by atoms with Crippen molar-refractivity contribution in [3.05, 3.63) is 30.3 Å². The van der Waals surface area contributed by atoms with Crippen LogP contribution in [0.5, 0.6) is 0 Å². The fourth-order valence-electron chi connectivity index (χ4n) is 4.01. The molecule has 0 saturated heterocycles. The summed E-state index contributed by atoms with van der Waals surface area (Å²) in [7, 11) is 4.15. The van der Waals surface area contributed by atoms with Crippen molar-refractivity contribution in [2.75, 3.05) is 32.1 Å². The number of benzene rings is 1. The average Bonchev–Trinajstić information content (AvgIpc) is 3.08. The third-order valence-electron chi connectivity index (χ3n) is 5.57. The van der Waals surface area contributed by atoms with Crippen molar-refractivity contribution in [3.63, 3.8) is 0 Å². The Bertz CT molecular complexity index is 598. The lowest BCUT2D eigenvalue weighted by molar-refractivity contribution is -0.125. The van der Waals surface area contributed by atoms with Crippen LogP contribution in [0, 0.1) is 5.92 Å². The number of carbonyl (C=O) groups excluding carboxylic acids is 1. The number of amides is 1. The first-order valence-corrected chi connectivity index (χ1v) is 10.4. The van der Waals surface area contributed by atoms with Gasteiger partial charge < -0.3 is 15.1 Å². The molecule has 2 saturated carbocycles.